The topological polar surface area (TPSA) is 50.7 Å². The molecule has 0 aliphatic carbocycles. The lowest BCUT2D eigenvalue weighted by atomic mass is 9.97. The normalized spacial score (nSPS) is 18.0. The number of rotatable bonds is 4. The quantitative estimate of drug-likeness (QED) is 0.902. The maximum Gasteiger partial charge on any atom is 0.128 e. The van der Waals surface area contributed by atoms with Gasteiger partial charge in [-0.3, -0.25) is 0 Å². The molecule has 2 unspecified atom stereocenters. The van der Waals surface area contributed by atoms with E-state index in [1.165, 1.54) is 18.2 Å². The molecule has 0 fully saturated rings. The van der Waals surface area contributed by atoms with Crippen molar-refractivity contribution in [3.05, 3.63) is 53.3 Å². The number of aromatic hydroxyl groups is 1. The van der Waals surface area contributed by atoms with Crippen molar-refractivity contribution >= 4 is 0 Å². The van der Waals surface area contributed by atoms with Crippen LogP contribution in [0.5, 0.6) is 17.2 Å². The average molecular weight is 317 g/mol. The van der Waals surface area contributed by atoms with E-state index in [2.05, 4.69) is 5.32 Å². The standard InChI is InChI=1S/C18H20FNO3/c1-11(14-9-12(21)3-5-16(14)19)20-17-7-8-23-18-6-4-13(22-2)10-15(17)18/h3-6,9-11,17,20-21H,7-8H2,1-2H3. The number of nitrogens with one attached hydrogen (secondary N) is 1. The van der Waals surface area contributed by atoms with Crippen molar-refractivity contribution in [1.82, 2.24) is 5.32 Å². The highest BCUT2D eigenvalue weighted by atomic mass is 19.1. The predicted octanol–water partition coefficient (Wildman–Crippen LogP) is 3.71. The van der Waals surface area contributed by atoms with Crippen molar-refractivity contribution in [3.63, 3.8) is 0 Å². The van der Waals surface area contributed by atoms with Gasteiger partial charge in [0.2, 0.25) is 0 Å². The van der Waals surface area contributed by atoms with E-state index < -0.39 is 0 Å². The summed E-state index contributed by atoms with van der Waals surface area (Å²) in [7, 11) is 1.62. The van der Waals surface area contributed by atoms with E-state index >= 15 is 0 Å². The summed E-state index contributed by atoms with van der Waals surface area (Å²) >= 11 is 0. The first-order valence-electron chi connectivity index (χ1n) is 7.63. The van der Waals surface area contributed by atoms with Crippen LogP contribution in [0, 0.1) is 5.82 Å². The molecule has 0 aromatic heterocycles. The average Bonchev–Trinajstić information content (AvgIpc) is 2.57. The van der Waals surface area contributed by atoms with Crippen molar-refractivity contribution in [3.8, 4) is 17.2 Å². The molecule has 1 aliphatic heterocycles. The third-order valence-corrected chi connectivity index (χ3v) is 4.15. The summed E-state index contributed by atoms with van der Waals surface area (Å²) in [6.45, 7) is 2.49. The Morgan fingerprint density at radius 1 is 1.30 bits per heavy atom. The molecule has 2 aromatic carbocycles. The Labute approximate surface area is 134 Å². The maximum atomic E-state index is 14.0. The van der Waals surface area contributed by atoms with Crippen molar-refractivity contribution in [2.24, 2.45) is 0 Å². The van der Waals surface area contributed by atoms with Gasteiger partial charge in [0.25, 0.3) is 0 Å². The molecule has 1 heterocycles. The Bertz CT molecular complexity index is 705. The van der Waals surface area contributed by atoms with Crippen LogP contribution in [0.3, 0.4) is 0 Å². The molecule has 0 amide bonds. The molecule has 2 aromatic rings. The zero-order valence-electron chi connectivity index (χ0n) is 13.2. The Morgan fingerprint density at radius 2 is 2.13 bits per heavy atom. The maximum absolute atomic E-state index is 14.0. The second-order valence-corrected chi connectivity index (χ2v) is 5.69. The van der Waals surface area contributed by atoms with Crippen LogP contribution in [0.15, 0.2) is 36.4 Å². The zero-order chi connectivity index (χ0) is 16.4. The molecule has 23 heavy (non-hydrogen) atoms. The Kier molecular flexibility index (Phi) is 4.39. The second-order valence-electron chi connectivity index (χ2n) is 5.69. The van der Waals surface area contributed by atoms with E-state index in [4.69, 9.17) is 9.47 Å². The fourth-order valence-electron chi connectivity index (χ4n) is 2.93. The van der Waals surface area contributed by atoms with Gasteiger partial charge in [0, 0.05) is 29.6 Å². The fraction of sp³-hybridized carbons (Fsp3) is 0.333. The molecule has 3 rings (SSSR count). The van der Waals surface area contributed by atoms with E-state index in [0.29, 0.717) is 12.2 Å². The lowest BCUT2D eigenvalue weighted by Gasteiger charge is -2.30. The predicted molar refractivity (Wildman–Crippen MR) is 85.5 cm³/mol. The number of hydrogen-bond donors (Lipinski definition) is 2. The lowest BCUT2D eigenvalue weighted by molar-refractivity contribution is 0.244. The highest BCUT2D eigenvalue weighted by Gasteiger charge is 2.24. The van der Waals surface area contributed by atoms with Gasteiger partial charge in [-0.05, 0) is 43.3 Å². The van der Waals surface area contributed by atoms with Crippen molar-refractivity contribution in [2.75, 3.05) is 13.7 Å². The van der Waals surface area contributed by atoms with Gasteiger partial charge in [0.05, 0.1) is 13.7 Å². The van der Waals surface area contributed by atoms with Crippen LogP contribution in [0.1, 0.15) is 36.6 Å². The number of ether oxygens (including phenoxy) is 2. The largest absolute Gasteiger partial charge is 0.508 e. The third kappa shape index (κ3) is 3.24. The number of fused-ring (bicyclic) bond motifs is 1. The Balaban J connectivity index is 1.85. The highest BCUT2D eigenvalue weighted by Crippen LogP contribution is 2.36. The summed E-state index contributed by atoms with van der Waals surface area (Å²) in [5.74, 6) is 1.31. The molecule has 0 radical (unpaired) electrons. The molecule has 0 spiro atoms. The van der Waals surface area contributed by atoms with Crippen LogP contribution in [-0.2, 0) is 0 Å². The first-order chi connectivity index (χ1) is 11.1. The summed E-state index contributed by atoms with van der Waals surface area (Å²) in [6.07, 6.45) is 0.783. The number of benzene rings is 2. The summed E-state index contributed by atoms with van der Waals surface area (Å²) in [5, 5.41) is 13.0. The number of phenols is 1. The van der Waals surface area contributed by atoms with Crippen molar-refractivity contribution in [1.29, 1.82) is 0 Å². The minimum Gasteiger partial charge on any atom is -0.508 e. The minimum atomic E-state index is -0.333. The first-order valence-corrected chi connectivity index (χ1v) is 7.63. The van der Waals surface area contributed by atoms with Crippen LogP contribution >= 0.6 is 0 Å². The van der Waals surface area contributed by atoms with Gasteiger partial charge in [-0.2, -0.15) is 0 Å². The molecule has 122 valence electrons. The summed E-state index contributed by atoms with van der Waals surface area (Å²) < 4.78 is 24.9. The van der Waals surface area contributed by atoms with Gasteiger partial charge < -0.3 is 19.9 Å². The molecule has 1 aliphatic rings. The van der Waals surface area contributed by atoms with E-state index in [9.17, 15) is 9.50 Å². The molecule has 0 saturated carbocycles. The molecule has 5 heteroatoms. The molecule has 2 atom stereocenters. The zero-order valence-corrected chi connectivity index (χ0v) is 13.2. The van der Waals surface area contributed by atoms with Crippen LogP contribution in [0.4, 0.5) is 4.39 Å². The Hall–Kier alpha value is -2.27. The third-order valence-electron chi connectivity index (χ3n) is 4.15. The summed E-state index contributed by atoms with van der Waals surface area (Å²) in [5.41, 5.74) is 1.45. The van der Waals surface area contributed by atoms with Gasteiger partial charge in [0.1, 0.15) is 23.1 Å². The van der Waals surface area contributed by atoms with E-state index in [1.807, 2.05) is 25.1 Å². The number of phenolic OH excluding ortho intramolecular Hbond substituents is 1. The number of methoxy groups -OCH3 is 1. The summed E-state index contributed by atoms with van der Waals surface area (Å²) in [6, 6.07) is 9.57. The van der Waals surface area contributed by atoms with Crippen LogP contribution in [0.2, 0.25) is 0 Å². The monoisotopic (exact) mass is 317 g/mol. The van der Waals surface area contributed by atoms with Crippen LogP contribution in [0.25, 0.3) is 0 Å². The molecule has 4 nitrogen and oxygen atoms in total. The molecule has 0 saturated heterocycles. The molecule has 0 bridgehead atoms. The SMILES string of the molecule is COc1ccc2c(c1)C(NC(C)c1cc(O)ccc1F)CCO2. The first kappa shape index (κ1) is 15.6. The van der Waals surface area contributed by atoms with Gasteiger partial charge in [-0.1, -0.05) is 0 Å². The molecular formula is C18H20FNO3. The van der Waals surface area contributed by atoms with E-state index in [-0.39, 0.29) is 23.7 Å². The van der Waals surface area contributed by atoms with Gasteiger partial charge >= 0.3 is 0 Å². The second kappa shape index (κ2) is 6.46. The van der Waals surface area contributed by atoms with E-state index in [1.54, 1.807) is 7.11 Å². The number of hydrogen-bond acceptors (Lipinski definition) is 4. The van der Waals surface area contributed by atoms with Crippen molar-refractivity contribution in [2.45, 2.75) is 25.4 Å². The summed E-state index contributed by atoms with van der Waals surface area (Å²) in [4.78, 5) is 0. The van der Waals surface area contributed by atoms with Gasteiger partial charge in [-0.25, -0.2) is 4.39 Å². The Morgan fingerprint density at radius 3 is 2.91 bits per heavy atom. The fourth-order valence-corrected chi connectivity index (χ4v) is 2.93. The van der Waals surface area contributed by atoms with Crippen LogP contribution in [-0.4, -0.2) is 18.8 Å². The molecular weight excluding hydrogens is 297 g/mol. The van der Waals surface area contributed by atoms with Gasteiger partial charge in [0.15, 0.2) is 0 Å². The smallest absolute Gasteiger partial charge is 0.128 e. The van der Waals surface area contributed by atoms with E-state index in [0.717, 1.165) is 23.5 Å². The molecule has 2 N–H and O–H groups in total. The van der Waals surface area contributed by atoms with Crippen LogP contribution < -0.4 is 14.8 Å². The van der Waals surface area contributed by atoms with Crippen molar-refractivity contribution < 1.29 is 19.0 Å². The lowest BCUT2D eigenvalue weighted by Crippen LogP contribution is -2.29. The highest BCUT2D eigenvalue weighted by molar-refractivity contribution is 5.43. The minimum absolute atomic E-state index is 0.0330. The number of halogens is 1. The van der Waals surface area contributed by atoms with Gasteiger partial charge in [-0.15, -0.1) is 0 Å².